The molecule has 0 aliphatic heterocycles. The first-order valence-corrected chi connectivity index (χ1v) is 8.54. The molecule has 1 heterocycles. The van der Waals surface area contributed by atoms with Crippen LogP contribution in [-0.2, 0) is 6.54 Å². The molecule has 0 unspecified atom stereocenters. The topological polar surface area (TPSA) is 58.5 Å². The molecule has 2 rings (SSSR count). The van der Waals surface area contributed by atoms with Crippen molar-refractivity contribution in [3.8, 4) is 5.75 Å². The summed E-state index contributed by atoms with van der Waals surface area (Å²) in [5.41, 5.74) is 1.24. The van der Waals surface area contributed by atoms with Crippen molar-refractivity contribution in [1.82, 2.24) is 15.6 Å². The van der Waals surface area contributed by atoms with Gasteiger partial charge in [0.2, 0.25) is 0 Å². The fourth-order valence-corrected chi connectivity index (χ4v) is 2.69. The van der Waals surface area contributed by atoms with E-state index in [-0.39, 0.29) is 0 Å². The van der Waals surface area contributed by atoms with Gasteiger partial charge < -0.3 is 15.4 Å². The molecule has 0 spiro atoms. The molecular formula is C17H24N4OS. The normalized spacial score (nSPS) is 11.3. The SMILES string of the molecule is CN=C(NCCCOc1ccc(C)cc1)NCc1ncc(C)s1. The van der Waals surface area contributed by atoms with Crippen LogP contribution < -0.4 is 15.4 Å². The number of hydrogen-bond donors (Lipinski definition) is 2. The highest BCUT2D eigenvalue weighted by atomic mass is 32.1. The Labute approximate surface area is 141 Å². The zero-order valence-electron chi connectivity index (χ0n) is 13.9. The smallest absolute Gasteiger partial charge is 0.191 e. The Balaban J connectivity index is 1.61. The molecule has 1 aromatic heterocycles. The largest absolute Gasteiger partial charge is 0.494 e. The van der Waals surface area contributed by atoms with Crippen molar-refractivity contribution >= 4 is 17.3 Å². The van der Waals surface area contributed by atoms with E-state index in [1.54, 1.807) is 18.4 Å². The van der Waals surface area contributed by atoms with Crippen molar-refractivity contribution in [1.29, 1.82) is 0 Å². The van der Waals surface area contributed by atoms with Crippen LogP contribution in [0.5, 0.6) is 5.75 Å². The molecule has 124 valence electrons. The molecule has 0 aliphatic carbocycles. The number of benzene rings is 1. The summed E-state index contributed by atoms with van der Waals surface area (Å²) < 4.78 is 5.70. The number of thiazole rings is 1. The highest BCUT2D eigenvalue weighted by Gasteiger charge is 2.01. The van der Waals surface area contributed by atoms with Gasteiger partial charge in [0, 0.05) is 24.7 Å². The van der Waals surface area contributed by atoms with E-state index < -0.39 is 0 Å². The Morgan fingerprint density at radius 3 is 2.65 bits per heavy atom. The average Bonchev–Trinajstić information content (AvgIpc) is 2.97. The van der Waals surface area contributed by atoms with Crippen molar-refractivity contribution < 1.29 is 4.74 Å². The molecule has 0 aliphatic rings. The van der Waals surface area contributed by atoms with E-state index in [1.165, 1.54) is 10.4 Å². The molecule has 0 amide bonds. The molecule has 0 bridgehead atoms. The summed E-state index contributed by atoms with van der Waals surface area (Å²) >= 11 is 1.69. The van der Waals surface area contributed by atoms with Crippen LogP contribution in [0.4, 0.5) is 0 Å². The summed E-state index contributed by atoms with van der Waals surface area (Å²) in [6, 6.07) is 8.11. The van der Waals surface area contributed by atoms with Crippen LogP contribution in [-0.4, -0.2) is 31.1 Å². The first-order valence-electron chi connectivity index (χ1n) is 7.72. The number of guanidine groups is 1. The number of hydrogen-bond acceptors (Lipinski definition) is 4. The second-order valence-electron chi connectivity index (χ2n) is 5.23. The lowest BCUT2D eigenvalue weighted by Gasteiger charge is -2.11. The van der Waals surface area contributed by atoms with Gasteiger partial charge >= 0.3 is 0 Å². The highest BCUT2D eigenvalue weighted by molar-refractivity contribution is 7.11. The second-order valence-corrected chi connectivity index (χ2v) is 6.55. The number of nitrogens with zero attached hydrogens (tertiary/aromatic N) is 2. The maximum Gasteiger partial charge on any atom is 0.191 e. The summed E-state index contributed by atoms with van der Waals surface area (Å²) in [6.07, 6.45) is 2.80. The maximum absolute atomic E-state index is 5.70. The quantitative estimate of drug-likeness (QED) is 0.465. The molecule has 2 N–H and O–H groups in total. The minimum atomic E-state index is 0.679. The summed E-state index contributed by atoms with van der Waals surface area (Å²) in [5, 5.41) is 7.60. The number of rotatable bonds is 7. The Morgan fingerprint density at radius 2 is 2.00 bits per heavy atom. The number of aryl methyl sites for hydroxylation is 2. The highest BCUT2D eigenvalue weighted by Crippen LogP contribution is 2.11. The van der Waals surface area contributed by atoms with Crippen LogP contribution in [0.3, 0.4) is 0 Å². The van der Waals surface area contributed by atoms with Gasteiger partial charge in [0.25, 0.3) is 0 Å². The molecule has 0 fully saturated rings. The van der Waals surface area contributed by atoms with E-state index in [9.17, 15) is 0 Å². The number of aliphatic imine (C=N–C) groups is 1. The summed E-state index contributed by atoms with van der Waals surface area (Å²) in [7, 11) is 1.77. The van der Waals surface area contributed by atoms with Gasteiger partial charge in [-0.25, -0.2) is 4.98 Å². The molecule has 0 saturated heterocycles. The third-order valence-corrected chi connectivity index (χ3v) is 4.12. The second kappa shape index (κ2) is 9.15. The molecule has 0 atom stereocenters. The van der Waals surface area contributed by atoms with Crippen LogP contribution in [0, 0.1) is 13.8 Å². The zero-order valence-corrected chi connectivity index (χ0v) is 14.7. The summed E-state index contributed by atoms with van der Waals surface area (Å²) in [6.45, 7) is 6.31. The van der Waals surface area contributed by atoms with Crippen molar-refractivity contribution in [3.05, 3.63) is 45.9 Å². The number of nitrogens with one attached hydrogen (secondary N) is 2. The minimum Gasteiger partial charge on any atom is -0.494 e. The van der Waals surface area contributed by atoms with Crippen molar-refractivity contribution in [2.45, 2.75) is 26.8 Å². The van der Waals surface area contributed by atoms with E-state index in [0.29, 0.717) is 13.2 Å². The summed E-state index contributed by atoms with van der Waals surface area (Å²) in [5.74, 6) is 1.70. The van der Waals surface area contributed by atoms with Gasteiger partial charge in [-0.1, -0.05) is 17.7 Å². The Bertz CT molecular complexity index is 622. The zero-order chi connectivity index (χ0) is 16.5. The third kappa shape index (κ3) is 6.28. The van der Waals surface area contributed by atoms with Gasteiger partial charge in [0.1, 0.15) is 10.8 Å². The van der Waals surface area contributed by atoms with Crippen molar-refractivity contribution in [2.75, 3.05) is 20.2 Å². The van der Waals surface area contributed by atoms with E-state index in [0.717, 1.165) is 29.7 Å². The predicted molar refractivity (Wildman–Crippen MR) is 96.3 cm³/mol. The molecular weight excluding hydrogens is 308 g/mol. The monoisotopic (exact) mass is 332 g/mol. The molecule has 2 aromatic rings. The Morgan fingerprint density at radius 1 is 1.22 bits per heavy atom. The van der Waals surface area contributed by atoms with Gasteiger partial charge in [0.15, 0.2) is 5.96 Å². The fraction of sp³-hybridized carbons (Fsp3) is 0.412. The first-order chi connectivity index (χ1) is 11.2. The van der Waals surface area contributed by atoms with Gasteiger partial charge in [-0.15, -0.1) is 11.3 Å². The van der Waals surface area contributed by atoms with Crippen LogP contribution in [0.15, 0.2) is 35.5 Å². The standard InChI is InChI=1S/C17H24N4OS/c1-13-5-7-15(8-6-13)22-10-4-9-19-17(18-3)21-12-16-20-11-14(2)23-16/h5-8,11H,4,9-10,12H2,1-3H3,(H2,18,19,21). The van der Waals surface area contributed by atoms with Crippen LogP contribution in [0.25, 0.3) is 0 Å². The van der Waals surface area contributed by atoms with Crippen molar-refractivity contribution in [3.63, 3.8) is 0 Å². The van der Waals surface area contributed by atoms with Crippen LogP contribution >= 0.6 is 11.3 Å². The molecule has 5 nitrogen and oxygen atoms in total. The number of ether oxygens (including phenoxy) is 1. The van der Waals surface area contributed by atoms with E-state index in [2.05, 4.69) is 46.6 Å². The summed E-state index contributed by atoms with van der Waals surface area (Å²) in [4.78, 5) is 9.75. The molecule has 6 heteroatoms. The maximum atomic E-state index is 5.70. The van der Waals surface area contributed by atoms with Gasteiger partial charge in [0.05, 0.1) is 13.2 Å². The first kappa shape index (κ1) is 17.3. The lowest BCUT2D eigenvalue weighted by atomic mass is 10.2. The fourth-order valence-electron chi connectivity index (χ4n) is 1.97. The number of aromatic nitrogens is 1. The van der Waals surface area contributed by atoms with Gasteiger partial charge in [-0.05, 0) is 32.4 Å². The van der Waals surface area contributed by atoms with Crippen LogP contribution in [0.2, 0.25) is 0 Å². The average molecular weight is 332 g/mol. The minimum absolute atomic E-state index is 0.679. The Hall–Kier alpha value is -2.08. The molecule has 0 radical (unpaired) electrons. The lowest BCUT2D eigenvalue weighted by Crippen LogP contribution is -2.37. The lowest BCUT2D eigenvalue weighted by molar-refractivity contribution is 0.311. The molecule has 0 saturated carbocycles. The van der Waals surface area contributed by atoms with E-state index >= 15 is 0 Å². The third-order valence-electron chi connectivity index (χ3n) is 3.20. The predicted octanol–water partition coefficient (Wildman–Crippen LogP) is 2.89. The Kier molecular flexibility index (Phi) is 6.87. The molecule has 1 aromatic carbocycles. The van der Waals surface area contributed by atoms with E-state index in [1.807, 2.05) is 18.3 Å². The van der Waals surface area contributed by atoms with Gasteiger partial charge in [-0.3, -0.25) is 4.99 Å². The van der Waals surface area contributed by atoms with Crippen LogP contribution in [0.1, 0.15) is 21.9 Å². The van der Waals surface area contributed by atoms with Crippen molar-refractivity contribution in [2.24, 2.45) is 4.99 Å². The molecule has 23 heavy (non-hydrogen) atoms. The van der Waals surface area contributed by atoms with E-state index in [4.69, 9.17) is 4.74 Å². The van der Waals surface area contributed by atoms with Gasteiger partial charge in [-0.2, -0.15) is 0 Å².